The van der Waals surface area contributed by atoms with Crippen LogP contribution in [0.5, 0.6) is 0 Å². The third kappa shape index (κ3) is 1.94. The van der Waals surface area contributed by atoms with E-state index in [0.29, 0.717) is 0 Å². The van der Waals surface area contributed by atoms with Gasteiger partial charge in [-0.25, -0.2) is 0 Å². The average molecular weight is 367 g/mol. The molecule has 7 aromatic rings. The number of hydrogen-bond acceptors (Lipinski definition) is 0. The van der Waals surface area contributed by atoms with E-state index >= 15 is 0 Å². The summed E-state index contributed by atoms with van der Waals surface area (Å²) in [7, 11) is 0. The molecular formula is C28H17N. The molecule has 0 radical (unpaired) electrons. The van der Waals surface area contributed by atoms with Gasteiger partial charge in [0, 0.05) is 21.5 Å². The summed E-state index contributed by atoms with van der Waals surface area (Å²) in [6.45, 7) is 0. The maximum Gasteiger partial charge on any atom is 0.0619 e. The van der Waals surface area contributed by atoms with Crippen molar-refractivity contribution in [1.82, 2.24) is 4.40 Å². The average Bonchev–Trinajstić information content (AvgIpc) is 3.17. The van der Waals surface area contributed by atoms with Gasteiger partial charge in [0.2, 0.25) is 0 Å². The highest BCUT2D eigenvalue weighted by atomic mass is 14.9. The molecule has 0 N–H and O–H groups in total. The van der Waals surface area contributed by atoms with Crippen molar-refractivity contribution in [3.05, 3.63) is 103 Å². The van der Waals surface area contributed by atoms with Gasteiger partial charge in [0.1, 0.15) is 0 Å². The fourth-order valence-corrected chi connectivity index (χ4v) is 4.98. The van der Waals surface area contributed by atoms with E-state index in [1.807, 2.05) is 0 Å². The van der Waals surface area contributed by atoms with Crippen LogP contribution < -0.4 is 0 Å². The Kier molecular flexibility index (Phi) is 2.80. The van der Waals surface area contributed by atoms with E-state index in [0.717, 1.165) is 0 Å². The zero-order valence-electron chi connectivity index (χ0n) is 15.8. The summed E-state index contributed by atoms with van der Waals surface area (Å²) in [5, 5.41) is 10.4. The van der Waals surface area contributed by atoms with Crippen LogP contribution in [0.2, 0.25) is 0 Å². The van der Waals surface area contributed by atoms with Crippen LogP contribution in [0.15, 0.2) is 103 Å². The number of nitrogens with zero attached hydrogens (tertiary/aromatic N) is 1. The second kappa shape index (κ2) is 5.36. The van der Waals surface area contributed by atoms with Gasteiger partial charge in [-0.3, -0.25) is 0 Å². The van der Waals surface area contributed by atoms with Crippen molar-refractivity contribution >= 4 is 59.6 Å². The number of benzene rings is 5. The zero-order valence-corrected chi connectivity index (χ0v) is 15.8. The molecule has 1 heteroatoms. The van der Waals surface area contributed by atoms with E-state index in [9.17, 15) is 0 Å². The first kappa shape index (κ1) is 15.1. The summed E-state index contributed by atoms with van der Waals surface area (Å²) in [5.41, 5.74) is 3.83. The molecule has 0 bridgehead atoms. The second-order valence-electron chi connectivity index (χ2n) is 7.85. The Labute approximate surface area is 167 Å². The first-order valence-corrected chi connectivity index (χ1v) is 10.0. The van der Waals surface area contributed by atoms with Crippen LogP contribution >= 0.6 is 0 Å². The van der Waals surface area contributed by atoms with Crippen LogP contribution in [0.25, 0.3) is 59.6 Å². The van der Waals surface area contributed by atoms with Crippen molar-refractivity contribution in [3.63, 3.8) is 0 Å². The topological polar surface area (TPSA) is 4.41 Å². The van der Waals surface area contributed by atoms with E-state index in [2.05, 4.69) is 108 Å². The fourth-order valence-electron chi connectivity index (χ4n) is 4.98. The van der Waals surface area contributed by atoms with Gasteiger partial charge in [0.05, 0.1) is 16.6 Å². The molecule has 29 heavy (non-hydrogen) atoms. The van der Waals surface area contributed by atoms with Gasteiger partial charge < -0.3 is 4.40 Å². The Morgan fingerprint density at radius 3 is 1.86 bits per heavy atom. The molecule has 0 unspecified atom stereocenters. The standard InChI is InChI=1S/C28H17N/c1-2-9-20-16-25-24(15-19(20)8-1)23-14-13-18-7-3-5-11-22(18)28(23)29-26-12-6-4-10-21(26)17-27(25)29/h1-17H. The summed E-state index contributed by atoms with van der Waals surface area (Å²) in [5.74, 6) is 0. The number of aromatic nitrogens is 1. The van der Waals surface area contributed by atoms with E-state index in [-0.39, 0.29) is 0 Å². The Balaban J connectivity index is 1.90. The Bertz CT molecular complexity index is 1750. The first-order valence-electron chi connectivity index (χ1n) is 10.0. The lowest BCUT2D eigenvalue weighted by Crippen LogP contribution is -1.92. The summed E-state index contributed by atoms with van der Waals surface area (Å²) in [6, 6.07) is 37.7. The van der Waals surface area contributed by atoms with E-state index in [1.165, 1.54) is 59.6 Å². The monoisotopic (exact) mass is 367 g/mol. The summed E-state index contributed by atoms with van der Waals surface area (Å²) in [4.78, 5) is 0. The number of hydrogen-bond donors (Lipinski definition) is 0. The van der Waals surface area contributed by atoms with Gasteiger partial charge >= 0.3 is 0 Å². The molecule has 2 heterocycles. The molecule has 134 valence electrons. The molecule has 0 aliphatic carbocycles. The zero-order chi connectivity index (χ0) is 18.9. The van der Waals surface area contributed by atoms with Gasteiger partial charge in [-0.05, 0) is 45.8 Å². The van der Waals surface area contributed by atoms with Crippen LogP contribution in [-0.2, 0) is 0 Å². The predicted octanol–water partition coefficient (Wildman–Crippen LogP) is 7.71. The molecule has 1 nitrogen and oxygen atoms in total. The molecule has 0 aliphatic rings. The van der Waals surface area contributed by atoms with Gasteiger partial charge in [-0.2, -0.15) is 0 Å². The quantitative estimate of drug-likeness (QED) is 0.191. The second-order valence-corrected chi connectivity index (χ2v) is 7.85. The Morgan fingerprint density at radius 1 is 0.379 bits per heavy atom. The minimum Gasteiger partial charge on any atom is -0.308 e. The summed E-state index contributed by atoms with van der Waals surface area (Å²) >= 11 is 0. The molecule has 0 spiro atoms. The molecule has 0 fully saturated rings. The van der Waals surface area contributed by atoms with Gasteiger partial charge in [-0.1, -0.05) is 78.9 Å². The molecule has 7 rings (SSSR count). The highest BCUT2D eigenvalue weighted by Gasteiger charge is 2.14. The van der Waals surface area contributed by atoms with Crippen LogP contribution in [-0.4, -0.2) is 4.40 Å². The van der Waals surface area contributed by atoms with Crippen molar-refractivity contribution in [2.45, 2.75) is 0 Å². The van der Waals surface area contributed by atoms with Crippen molar-refractivity contribution in [2.24, 2.45) is 0 Å². The highest BCUT2D eigenvalue weighted by molar-refractivity contribution is 6.23. The lowest BCUT2D eigenvalue weighted by atomic mass is 9.97. The summed E-state index contributed by atoms with van der Waals surface area (Å²) < 4.78 is 2.46. The minimum absolute atomic E-state index is 1.26. The molecule has 0 saturated heterocycles. The SMILES string of the molecule is c1ccc2cc3c(cc2c1)c1ccc2ccccc2c1n1c2ccccc2cc31. The number of para-hydroxylation sites is 1. The largest absolute Gasteiger partial charge is 0.308 e. The van der Waals surface area contributed by atoms with E-state index in [4.69, 9.17) is 0 Å². The number of fused-ring (bicyclic) bond motifs is 11. The van der Waals surface area contributed by atoms with E-state index in [1.54, 1.807) is 0 Å². The third-order valence-electron chi connectivity index (χ3n) is 6.29. The molecule has 2 aromatic heterocycles. The van der Waals surface area contributed by atoms with Gasteiger partial charge in [-0.15, -0.1) is 0 Å². The maximum absolute atomic E-state index is 2.46. The molecular weight excluding hydrogens is 350 g/mol. The maximum atomic E-state index is 2.46. The lowest BCUT2D eigenvalue weighted by Gasteiger charge is -2.14. The molecule has 0 aliphatic heterocycles. The van der Waals surface area contributed by atoms with Gasteiger partial charge in [0.25, 0.3) is 0 Å². The Hall–Kier alpha value is -3.84. The first-order chi connectivity index (χ1) is 14.4. The minimum atomic E-state index is 1.26. The van der Waals surface area contributed by atoms with Crippen LogP contribution in [0.1, 0.15) is 0 Å². The normalized spacial score (nSPS) is 12.1. The van der Waals surface area contributed by atoms with E-state index < -0.39 is 0 Å². The van der Waals surface area contributed by atoms with Crippen LogP contribution in [0.3, 0.4) is 0 Å². The van der Waals surface area contributed by atoms with Gasteiger partial charge in [0.15, 0.2) is 0 Å². The molecule has 0 atom stereocenters. The van der Waals surface area contributed by atoms with Crippen molar-refractivity contribution in [3.8, 4) is 0 Å². The Morgan fingerprint density at radius 2 is 1.03 bits per heavy atom. The molecule has 5 aromatic carbocycles. The van der Waals surface area contributed by atoms with Crippen molar-refractivity contribution in [1.29, 1.82) is 0 Å². The molecule has 0 saturated carbocycles. The predicted molar refractivity (Wildman–Crippen MR) is 125 cm³/mol. The summed E-state index contributed by atoms with van der Waals surface area (Å²) in [6.07, 6.45) is 0. The lowest BCUT2D eigenvalue weighted by molar-refractivity contribution is 1.36. The van der Waals surface area contributed by atoms with Crippen molar-refractivity contribution < 1.29 is 0 Å². The highest BCUT2D eigenvalue weighted by Crippen LogP contribution is 2.38. The molecule has 0 amide bonds. The third-order valence-corrected chi connectivity index (χ3v) is 6.29. The smallest absolute Gasteiger partial charge is 0.0619 e. The fraction of sp³-hybridized carbons (Fsp3) is 0. The van der Waals surface area contributed by atoms with Crippen LogP contribution in [0.4, 0.5) is 0 Å². The number of pyridine rings is 1. The van der Waals surface area contributed by atoms with Crippen molar-refractivity contribution in [2.75, 3.05) is 0 Å². The number of rotatable bonds is 0. The van der Waals surface area contributed by atoms with Crippen LogP contribution in [0, 0.1) is 0 Å².